The van der Waals surface area contributed by atoms with Crippen LogP contribution in [0.25, 0.3) is 0 Å². The summed E-state index contributed by atoms with van der Waals surface area (Å²) in [7, 11) is 0. The fourth-order valence-corrected chi connectivity index (χ4v) is 2.13. The Morgan fingerprint density at radius 2 is 2.00 bits per heavy atom. The Morgan fingerprint density at radius 1 is 1.44 bits per heavy atom. The van der Waals surface area contributed by atoms with Crippen molar-refractivity contribution in [2.45, 2.75) is 51.6 Å². The largest absolute Gasteiger partial charge is 0.392 e. The fourth-order valence-electron chi connectivity index (χ4n) is 2.13. The Balaban J connectivity index is 2.63. The van der Waals surface area contributed by atoms with Crippen molar-refractivity contribution >= 4 is 5.91 Å². The lowest BCUT2D eigenvalue weighted by molar-refractivity contribution is -0.129. The number of aliphatic hydroxyl groups is 1. The van der Waals surface area contributed by atoms with Crippen LogP contribution < -0.4 is 5.32 Å². The molecule has 0 spiro atoms. The second kappa shape index (κ2) is 5.86. The van der Waals surface area contributed by atoms with Crippen molar-refractivity contribution < 1.29 is 9.90 Å². The second-order valence-corrected chi connectivity index (χ2v) is 4.67. The third-order valence-corrected chi connectivity index (χ3v) is 3.16. The van der Waals surface area contributed by atoms with Gasteiger partial charge in [0, 0.05) is 6.54 Å². The summed E-state index contributed by atoms with van der Waals surface area (Å²) in [5.74, 6) is -0.210. The van der Waals surface area contributed by atoms with Crippen molar-refractivity contribution in [1.82, 2.24) is 5.32 Å². The van der Waals surface area contributed by atoms with Crippen LogP contribution in [0.2, 0.25) is 0 Å². The topological polar surface area (TPSA) is 73.1 Å². The molecule has 1 atom stereocenters. The molecule has 1 rings (SSSR count). The van der Waals surface area contributed by atoms with Crippen molar-refractivity contribution in [2.24, 2.45) is 5.41 Å². The molecule has 1 amide bonds. The average Bonchev–Trinajstić information content (AvgIpc) is 2.51. The number of hydrogen-bond acceptors (Lipinski definition) is 3. The first-order chi connectivity index (χ1) is 7.60. The van der Waals surface area contributed by atoms with E-state index in [4.69, 9.17) is 5.11 Å². The first-order valence-electron chi connectivity index (χ1n) is 5.98. The molecule has 0 bridgehead atoms. The van der Waals surface area contributed by atoms with Crippen LogP contribution >= 0.6 is 0 Å². The summed E-state index contributed by atoms with van der Waals surface area (Å²) in [6.45, 7) is 1.84. The van der Waals surface area contributed by atoms with Gasteiger partial charge in [-0.15, -0.1) is 0 Å². The predicted octanol–water partition coefficient (Wildman–Crippen LogP) is 1.35. The zero-order valence-corrected chi connectivity index (χ0v) is 9.83. The fraction of sp³-hybridized carbons (Fsp3) is 0.833. The normalized spacial score (nSPS) is 21.6. The second-order valence-electron chi connectivity index (χ2n) is 4.67. The zero-order chi connectivity index (χ0) is 12.0. The number of nitriles is 1. The molecule has 4 heteroatoms. The first-order valence-corrected chi connectivity index (χ1v) is 5.98. The molecular weight excluding hydrogens is 204 g/mol. The standard InChI is InChI=1S/C12H20N2O2/c1-10(15)8-14-11(16)12(9-13)6-4-2-3-5-7-12/h10,15H,2-8H2,1H3,(H,14,16)/t10-/m1/s1. The van der Waals surface area contributed by atoms with E-state index in [0.717, 1.165) is 25.7 Å². The molecule has 1 fully saturated rings. The van der Waals surface area contributed by atoms with Crippen LogP contribution in [-0.2, 0) is 4.79 Å². The lowest BCUT2D eigenvalue weighted by atomic mass is 9.81. The summed E-state index contributed by atoms with van der Waals surface area (Å²) in [5, 5.41) is 21.0. The van der Waals surface area contributed by atoms with Crippen LogP contribution in [0.1, 0.15) is 45.4 Å². The van der Waals surface area contributed by atoms with Crippen LogP contribution in [0.4, 0.5) is 0 Å². The summed E-state index contributed by atoms with van der Waals surface area (Å²) in [6, 6.07) is 2.19. The average molecular weight is 224 g/mol. The third-order valence-electron chi connectivity index (χ3n) is 3.16. The Morgan fingerprint density at radius 3 is 2.44 bits per heavy atom. The number of carbonyl (C=O) groups is 1. The van der Waals surface area contributed by atoms with Crippen LogP contribution in [-0.4, -0.2) is 23.7 Å². The van der Waals surface area contributed by atoms with E-state index in [-0.39, 0.29) is 12.5 Å². The first kappa shape index (κ1) is 13.0. The van der Waals surface area contributed by atoms with Gasteiger partial charge in [0.15, 0.2) is 0 Å². The molecule has 0 aromatic rings. The van der Waals surface area contributed by atoms with E-state index in [9.17, 15) is 10.1 Å². The lowest BCUT2D eigenvalue weighted by Crippen LogP contribution is -2.42. The molecule has 4 nitrogen and oxygen atoms in total. The minimum absolute atomic E-state index is 0.210. The number of amides is 1. The van der Waals surface area contributed by atoms with Crippen LogP contribution in [0.15, 0.2) is 0 Å². The molecule has 1 aliphatic rings. The van der Waals surface area contributed by atoms with Gasteiger partial charge in [0.1, 0.15) is 5.41 Å². The minimum Gasteiger partial charge on any atom is -0.392 e. The predicted molar refractivity (Wildman–Crippen MR) is 60.4 cm³/mol. The number of rotatable bonds is 3. The molecule has 0 aliphatic heterocycles. The monoisotopic (exact) mass is 224 g/mol. The van der Waals surface area contributed by atoms with Crippen LogP contribution in [0.3, 0.4) is 0 Å². The van der Waals surface area contributed by atoms with Crippen molar-refractivity contribution in [3.05, 3.63) is 0 Å². The Kier molecular flexibility index (Phi) is 4.75. The van der Waals surface area contributed by atoms with Gasteiger partial charge in [-0.3, -0.25) is 4.79 Å². The quantitative estimate of drug-likeness (QED) is 0.711. The summed E-state index contributed by atoms with van der Waals surface area (Å²) in [6.07, 6.45) is 4.82. The van der Waals surface area contributed by atoms with Gasteiger partial charge in [0.2, 0.25) is 5.91 Å². The molecule has 0 aromatic carbocycles. The molecule has 0 unspecified atom stereocenters. The number of nitrogens with one attached hydrogen (secondary N) is 1. The van der Waals surface area contributed by atoms with Gasteiger partial charge >= 0.3 is 0 Å². The van der Waals surface area contributed by atoms with Gasteiger partial charge in [-0.2, -0.15) is 5.26 Å². The van der Waals surface area contributed by atoms with E-state index in [1.54, 1.807) is 6.92 Å². The lowest BCUT2D eigenvalue weighted by Gasteiger charge is -2.23. The molecule has 16 heavy (non-hydrogen) atoms. The van der Waals surface area contributed by atoms with Crippen molar-refractivity contribution in [3.8, 4) is 6.07 Å². The Bertz CT molecular complexity index is 273. The molecule has 0 heterocycles. The van der Waals surface area contributed by atoms with Gasteiger partial charge in [-0.25, -0.2) is 0 Å². The highest BCUT2D eigenvalue weighted by atomic mass is 16.3. The van der Waals surface area contributed by atoms with E-state index >= 15 is 0 Å². The maximum atomic E-state index is 12.0. The van der Waals surface area contributed by atoms with Crippen molar-refractivity contribution in [3.63, 3.8) is 0 Å². The van der Waals surface area contributed by atoms with Crippen molar-refractivity contribution in [1.29, 1.82) is 5.26 Å². The molecule has 0 aromatic heterocycles. The van der Waals surface area contributed by atoms with E-state index in [1.165, 1.54) is 0 Å². The zero-order valence-electron chi connectivity index (χ0n) is 9.83. The number of aliphatic hydroxyl groups excluding tert-OH is 1. The molecule has 0 saturated heterocycles. The van der Waals surface area contributed by atoms with Gasteiger partial charge in [-0.05, 0) is 19.8 Å². The Labute approximate surface area is 96.6 Å². The van der Waals surface area contributed by atoms with E-state index in [0.29, 0.717) is 12.8 Å². The van der Waals surface area contributed by atoms with E-state index in [1.807, 2.05) is 0 Å². The highest BCUT2D eigenvalue weighted by molar-refractivity contribution is 5.85. The number of hydrogen-bond donors (Lipinski definition) is 2. The van der Waals surface area contributed by atoms with Gasteiger partial charge < -0.3 is 10.4 Å². The van der Waals surface area contributed by atoms with Gasteiger partial charge in [0.25, 0.3) is 0 Å². The maximum Gasteiger partial charge on any atom is 0.240 e. The highest BCUT2D eigenvalue weighted by Crippen LogP contribution is 2.34. The summed E-state index contributed by atoms with van der Waals surface area (Å²) < 4.78 is 0. The number of carbonyl (C=O) groups excluding carboxylic acids is 1. The third kappa shape index (κ3) is 3.21. The van der Waals surface area contributed by atoms with Gasteiger partial charge in [0.05, 0.1) is 12.2 Å². The maximum absolute atomic E-state index is 12.0. The van der Waals surface area contributed by atoms with Crippen molar-refractivity contribution in [2.75, 3.05) is 6.54 Å². The van der Waals surface area contributed by atoms with E-state index < -0.39 is 11.5 Å². The number of nitrogens with zero attached hydrogens (tertiary/aromatic N) is 1. The molecule has 90 valence electrons. The van der Waals surface area contributed by atoms with E-state index in [2.05, 4.69) is 11.4 Å². The smallest absolute Gasteiger partial charge is 0.240 e. The highest BCUT2D eigenvalue weighted by Gasteiger charge is 2.38. The molecular formula is C12H20N2O2. The molecule has 0 radical (unpaired) electrons. The minimum atomic E-state index is -0.856. The summed E-state index contributed by atoms with van der Waals surface area (Å²) >= 11 is 0. The van der Waals surface area contributed by atoms with Gasteiger partial charge in [-0.1, -0.05) is 25.7 Å². The molecule has 2 N–H and O–H groups in total. The summed E-state index contributed by atoms with van der Waals surface area (Å²) in [4.78, 5) is 12.0. The molecule has 1 aliphatic carbocycles. The van der Waals surface area contributed by atoms with Crippen LogP contribution in [0, 0.1) is 16.7 Å². The molecule has 1 saturated carbocycles. The Hall–Kier alpha value is -1.08. The SMILES string of the molecule is C[C@@H](O)CNC(=O)C1(C#N)CCCCCC1. The van der Waals surface area contributed by atoms with Crippen LogP contribution in [0.5, 0.6) is 0 Å². The summed E-state index contributed by atoms with van der Waals surface area (Å²) in [5.41, 5.74) is -0.856.